The zero-order valence-corrected chi connectivity index (χ0v) is 17.9. The van der Waals surface area contributed by atoms with Crippen molar-refractivity contribution in [3.05, 3.63) is 53.6 Å². The van der Waals surface area contributed by atoms with E-state index >= 15 is 0 Å². The van der Waals surface area contributed by atoms with Crippen LogP contribution in [-0.2, 0) is 16.1 Å². The highest BCUT2D eigenvalue weighted by molar-refractivity contribution is 6.02. The number of aryl methyl sites for hydroxylation is 1. The van der Waals surface area contributed by atoms with Crippen molar-refractivity contribution >= 4 is 17.3 Å². The monoisotopic (exact) mass is 395 g/mol. The third-order valence-electron chi connectivity index (χ3n) is 4.17. The van der Waals surface area contributed by atoms with Crippen LogP contribution in [0.5, 0.6) is 5.75 Å². The van der Waals surface area contributed by atoms with Crippen LogP contribution >= 0.6 is 0 Å². The van der Waals surface area contributed by atoms with E-state index in [2.05, 4.69) is 10.8 Å². The zero-order valence-electron chi connectivity index (χ0n) is 17.9. The average molecular weight is 396 g/mol. The number of ether oxygens (including phenoxy) is 2. The molecule has 0 radical (unpaired) electrons. The largest absolute Gasteiger partial charge is 0.476 e. The van der Waals surface area contributed by atoms with Crippen LogP contribution in [-0.4, -0.2) is 17.1 Å². The summed E-state index contributed by atoms with van der Waals surface area (Å²) in [4.78, 5) is 14.5. The predicted octanol–water partition coefficient (Wildman–Crippen LogP) is 4.56. The van der Waals surface area contributed by atoms with E-state index in [-0.39, 0.29) is 11.5 Å². The molecule has 0 bridgehead atoms. The van der Waals surface area contributed by atoms with E-state index in [1.165, 1.54) is 5.56 Å². The van der Waals surface area contributed by atoms with Gasteiger partial charge in [0, 0.05) is 11.8 Å². The average Bonchev–Trinajstić information content (AvgIpc) is 2.58. The van der Waals surface area contributed by atoms with Crippen LogP contribution in [0.15, 0.2) is 42.5 Å². The van der Waals surface area contributed by atoms with Gasteiger partial charge in [-0.15, -0.1) is 0 Å². The van der Waals surface area contributed by atoms with Crippen molar-refractivity contribution < 1.29 is 14.3 Å². The summed E-state index contributed by atoms with van der Waals surface area (Å²) in [5, 5.41) is 7.93. The molecule has 0 saturated carbocycles. The van der Waals surface area contributed by atoms with Crippen LogP contribution in [0.2, 0.25) is 0 Å². The number of nitrogens with two attached hydrogens (primary N) is 1. The minimum Gasteiger partial charge on any atom is -0.476 e. The number of hydrogen-bond acceptors (Lipinski definition) is 5. The van der Waals surface area contributed by atoms with E-state index in [1.54, 1.807) is 37.1 Å². The Bertz CT molecular complexity index is 924. The molecule has 1 heterocycles. The molecule has 0 spiro atoms. The molecule has 0 saturated heterocycles. The van der Waals surface area contributed by atoms with Crippen molar-refractivity contribution in [3.8, 4) is 12.0 Å². The predicted molar refractivity (Wildman–Crippen MR) is 114 cm³/mol. The maximum atomic E-state index is 12.8. The number of nitrogens with zero attached hydrogens (tertiary/aromatic N) is 2. The number of hydrogen-bond donors (Lipinski definition) is 1. The van der Waals surface area contributed by atoms with Gasteiger partial charge in [0.05, 0.1) is 12.2 Å². The molecule has 6 heteroatoms. The standard InChI is InChI=1S/C18H20N2O2.C5H9NO/c1-12-5-4-6-13(9-12)11-20-15-8-7-14(19)10-16(15)22-18(2,3)17(20)21;1-5(2,3)7-4-6/h4-10H,11,19H2,1-3H3;1-3H3. The molecule has 6 nitrogen and oxygen atoms in total. The fourth-order valence-electron chi connectivity index (χ4n) is 2.88. The molecule has 29 heavy (non-hydrogen) atoms. The number of rotatable bonds is 2. The first kappa shape index (κ1) is 22.1. The second kappa shape index (κ2) is 8.44. The van der Waals surface area contributed by atoms with Gasteiger partial charge < -0.3 is 20.1 Å². The lowest BCUT2D eigenvalue weighted by Gasteiger charge is -2.39. The third-order valence-corrected chi connectivity index (χ3v) is 4.17. The highest BCUT2D eigenvalue weighted by Crippen LogP contribution is 2.39. The first-order valence-electron chi connectivity index (χ1n) is 9.46. The van der Waals surface area contributed by atoms with Gasteiger partial charge in [0.1, 0.15) is 11.4 Å². The summed E-state index contributed by atoms with van der Waals surface area (Å²) in [6.45, 7) is 11.6. The van der Waals surface area contributed by atoms with Gasteiger partial charge >= 0.3 is 0 Å². The lowest BCUT2D eigenvalue weighted by Crippen LogP contribution is -2.52. The van der Waals surface area contributed by atoms with Crippen LogP contribution in [0.25, 0.3) is 0 Å². The van der Waals surface area contributed by atoms with Gasteiger partial charge in [0.15, 0.2) is 5.60 Å². The van der Waals surface area contributed by atoms with E-state index in [0.29, 0.717) is 18.0 Å². The van der Waals surface area contributed by atoms with Gasteiger partial charge in [-0.2, -0.15) is 5.26 Å². The molecule has 2 aromatic carbocycles. The van der Waals surface area contributed by atoms with Gasteiger partial charge in [-0.3, -0.25) is 4.79 Å². The lowest BCUT2D eigenvalue weighted by atomic mass is 10.0. The Hall–Kier alpha value is -3.20. The second-order valence-corrected chi connectivity index (χ2v) is 8.53. The first-order valence-corrected chi connectivity index (χ1v) is 9.46. The van der Waals surface area contributed by atoms with E-state index in [9.17, 15) is 4.79 Å². The van der Waals surface area contributed by atoms with Crippen LogP contribution in [0.3, 0.4) is 0 Å². The van der Waals surface area contributed by atoms with Gasteiger partial charge in [0.25, 0.3) is 12.2 Å². The maximum absolute atomic E-state index is 12.8. The Morgan fingerprint density at radius 1 is 1.21 bits per heavy atom. The molecule has 0 atom stereocenters. The maximum Gasteiger partial charge on any atom is 0.286 e. The highest BCUT2D eigenvalue weighted by atomic mass is 16.5. The van der Waals surface area contributed by atoms with Gasteiger partial charge in [-0.25, -0.2) is 0 Å². The zero-order chi connectivity index (χ0) is 21.8. The molecular formula is C23H29N3O3. The molecular weight excluding hydrogens is 366 g/mol. The second-order valence-electron chi connectivity index (χ2n) is 8.53. The summed E-state index contributed by atoms with van der Waals surface area (Å²) in [5.41, 5.74) is 8.29. The molecule has 1 amide bonds. The number of nitriles is 1. The molecule has 154 valence electrons. The number of fused-ring (bicyclic) bond motifs is 1. The van der Waals surface area contributed by atoms with Crippen molar-refractivity contribution in [3.63, 3.8) is 0 Å². The Kier molecular flexibility index (Phi) is 6.43. The molecule has 2 aromatic rings. The molecule has 0 unspecified atom stereocenters. The number of benzene rings is 2. The highest BCUT2D eigenvalue weighted by Gasteiger charge is 2.40. The lowest BCUT2D eigenvalue weighted by molar-refractivity contribution is -0.132. The van der Waals surface area contributed by atoms with Crippen LogP contribution in [0, 0.1) is 18.4 Å². The van der Waals surface area contributed by atoms with Crippen molar-refractivity contribution in [2.24, 2.45) is 0 Å². The minimum absolute atomic E-state index is 0.0497. The number of carbonyl (C=O) groups excluding carboxylic acids is 1. The third kappa shape index (κ3) is 5.89. The van der Waals surface area contributed by atoms with Crippen molar-refractivity contribution in [1.82, 2.24) is 0 Å². The summed E-state index contributed by atoms with van der Waals surface area (Å²) in [6, 6.07) is 13.6. The van der Waals surface area contributed by atoms with Crippen molar-refractivity contribution in [2.45, 2.75) is 59.3 Å². The molecule has 1 aliphatic heterocycles. The first-order chi connectivity index (χ1) is 13.4. The molecule has 0 aromatic heterocycles. The Labute approximate surface area is 172 Å². The topological polar surface area (TPSA) is 88.6 Å². The molecule has 1 aliphatic rings. The van der Waals surface area contributed by atoms with Gasteiger partial charge in [0.2, 0.25) is 0 Å². The summed E-state index contributed by atoms with van der Waals surface area (Å²) < 4.78 is 10.4. The van der Waals surface area contributed by atoms with Crippen molar-refractivity contribution in [2.75, 3.05) is 10.6 Å². The number of amides is 1. The van der Waals surface area contributed by atoms with Crippen molar-refractivity contribution in [1.29, 1.82) is 5.26 Å². The minimum atomic E-state index is -0.898. The quantitative estimate of drug-likeness (QED) is 0.595. The normalized spacial score (nSPS) is 14.7. The van der Waals surface area contributed by atoms with Gasteiger partial charge in [-0.05, 0) is 59.2 Å². The van der Waals surface area contributed by atoms with Crippen LogP contribution < -0.4 is 15.4 Å². The van der Waals surface area contributed by atoms with Crippen LogP contribution in [0.4, 0.5) is 11.4 Å². The van der Waals surface area contributed by atoms with E-state index in [1.807, 2.05) is 52.0 Å². The summed E-state index contributed by atoms with van der Waals surface area (Å²) in [6.07, 6.45) is 1.61. The molecule has 2 N–H and O–H groups in total. The number of anilines is 2. The molecule has 0 aliphatic carbocycles. The SMILES string of the molecule is CC(C)(C)OC#N.Cc1cccc(CN2C(=O)C(C)(C)Oc3cc(N)ccc32)c1. The number of carbonyl (C=O) groups is 1. The fourth-order valence-corrected chi connectivity index (χ4v) is 2.88. The smallest absolute Gasteiger partial charge is 0.286 e. The van der Waals surface area contributed by atoms with E-state index < -0.39 is 5.60 Å². The van der Waals surface area contributed by atoms with E-state index in [0.717, 1.165) is 11.3 Å². The molecule has 3 rings (SSSR count). The molecule has 0 fully saturated rings. The van der Waals surface area contributed by atoms with Gasteiger partial charge in [-0.1, -0.05) is 29.8 Å². The summed E-state index contributed by atoms with van der Waals surface area (Å²) in [5.74, 6) is 0.600. The van der Waals surface area contributed by atoms with E-state index in [4.69, 9.17) is 15.7 Å². The Morgan fingerprint density at radius 3 is 2.45 bits per heavy atom. The Balaban J connectivity index is 0.000000370. The number of nitrogen functional groups attached to an aromatic ring is 1. The Morgan fingerprint density at radius 2 is 1.90 bits per heavy atom. The summed E-state index contributed by atoms with van der Waals surface area (Å²) >= 11 is 0. The fraction of sp³-hybridized carbons (Fsp3) is 0.391. The summed E-state index contributed by atoms with van der Waals surface area (Å²) in [7, 11) is 0. The van der Waals surface area contributed by atoms with Crippen LogP contribution in [0.1, 0.15) is 45.7 Å².